The zero-order valence-corrected chi connectivity index (χ0v) is 13.8. The van der Waals surface area contributed by atoms with Crippen molar-refractivity contribution in [3.63, 3.8) is 0 Å². The number of nitriles is 1. The molecule has 124 valence electrons. The molecule has 0 fully saturated rings. The largest absolute Gasteiger partial charge is 0.772 e. The van der Waals surface area contributed by atoms with Crippen molar-refractivity contribution in [3.8, 4) is 28.5 Å². The summed E-state index contributed by atoms with van der Waals surface area (Å²) in [7, 11) is 0. The average molecular weight is 351 g/mol. The highest BCUT2D eigenvalue weighted by atomic mass is 32.2. The molecule has 0 aliphatic heterocycles. The summed E-state index contributed by atoms with van der Waals surface area (Å²) < 4.78 is 35.7. The van der Waals surface area contributed by atoms with Gasteiger partial charge in [0.25, 0.3) is 0 Å². The Hall–Kier alpha value is -2.88. The fourth-order valence-electron chi connectivity index (χ4n) is 2.53. The minimum absolute atomic E-state index is 0.118. The van der Waals surface area contributed by atoms with Gasteiger partial charge in [0, 0.05) is 23.1 Å². The Kier molecular flexibility index (Phi) is 4.98. The molecule has 1 unspecified atom stereocenters. The van der Waals surface area contributed by atoms with Crippen LogP contribution in [0, 0.1) is 17.1 Å². The maximum atomic E-state index is 14.2. The van der Waals surface area contributed by atoms with E-state index in [4.69, 9.17) is 5.26 Å². The van der Waals surface area contributed by atoms with Crippen molar-refractivity contribution in [2.75, 3.05) is 0 Å². The molecule has 1 heterocycles. The van der Waals surface area contributed by atoms with Crippen LogP contribution >= 0.6 is 0 Å². The third kappa shape index (κ3) is 3.79. The first-order valence-electron chi connectivity index (χ1n) is 7.38. The van der Waals surface area contributed by atoms with Crippen molar-refractivity contribution in [2.45, 2.75) is 5.75 Å². The molecule has 0 spiro atoms. The molecule has 3 rings (SSSR count). The molecule has 0 saturated heterocycles. The fourth-order valence-corrected chi connectivity index (χ4v) is 3.02. The molecule has 1 aromatic heterocycles. The van der Waals surface area contributed by atoms with E-state index in [0.717, 1.165) is 11.1 Å². The van der Waals surface area contributed by atoms with Gasteiger partial charge in [0.2, 0.25) is 0 Å². The third-order valence-electron chi connectivity index (χ3n) is 3.73. The van der Waals surface area contributed by atoms with E-state index in [1.807, 2.05) is 18.2 Å². The molecule has 0 aliphatic carbocycles. The van der Waals surface area contributed by atoms with Crippen LogP contribution in [0.4, 0.5) is 4.39 Å². The molecular formula is C19H12FN2O2S-. The number of halogens is 1. The van der Waals surface area contributed by atoms with Gasteiger partial charge in [0.1, 0.15) is 5.82 Å². The van der Waals surface area contributed by atoms with E-state index < -0.39 is 16.9 Å². The molecule has 2 aromatic carbocycles. The van der Waals surface area contributed by atoms with Crippen LogP contribution in [-0.2, 0) is 16.8 Å². The van der Waals surface area contributed by atoms with Crippen molar-refractivity contribution < 1.29 is 13.2 Å². The summed E-state index contributed by atoms with van der Waals surface area (Å²) in [6.45, 7) is 0. The lowest BCUT2D eigenvalue weighted by molar-refractivity contribution is 0.533. The molecule has 25 heavy (non-hydrogen) atoms. The fraction of sp³-hybridized carbons (Fsp3) is 0.0526. The zero-order chi connectivity index (χ0) is 17.8. The van der Waals surface area contributed by atoms with Gasteiger partial charge in [-0.3, -0.25) is 9.19 Å². The van der Waals surface area contributed by atoms with Gasteiger partial charge in [0.05, 0.1) is 17.3 Å². The van der Waals surface area contributed by atoms with Crippen molar-refractivity contribution >= 4 is 11.1 Å². The molecule has 0 amide bonds. The summed E-state index contributed by atoms with van der Waals surface area (Å²) in [5.74, 6) is -0.949. The molecule has 0 saturated carbocycles. The van der Waals surface area contributed by atoms with Crippen LogP contribution in [0.5, 0.6) is 0 Å². The van der Waals surface area contributed by atoms with E-state index in [1.54, 1.807) is 30.5 Å². The van der Waals surface area contributed by atoms with Crippen LogP contribution in [0.25, 0.3) is 22.4 Å². The van der Waals surface area contributed by atoms with Crippen molar-refractivity contribution in [1.29, 1.82) is 5.26 Å². The maximum absolute atomic E-state index is 14.2. The number of hydrogen-bond acceptors (Lipinski definition) is 4. The van der Waals surface area contributed by atoms with E-state index >= 15 is 0 Å². The lowest BCUT2D eigenvalue weighted by atomic mass is 9.98. The number of benzene rings is 2. The second-order valence-electron chi connectivity index (χ2n) is 5.34. The third-order valence-corrected chi connectivity index (χ3v) is 4.28. The number of aromatic nitrogens is 1. The first-order valence-corrected chi connectivity index (χ1v) is 8.63. The second kappa shape index (κ2) is 7.34. The zero-order valence-electron chi connectivity index (χ0n) is 13.0. The topological polar surface area (TPSA) is 76.8 Å². The predicted molar refractivity (Wildman–Crippen MR) is 92.4 cm³/mol. The second-order valence-corrected chi connectivity index (χ2v) is 6.24. The molecule has 0 bridgehead atoms. The molecular weight excluding hydrogens is 339 g/mol. The first kappa shape index (κ1) is 17.0. The number of pyridine rings is 1. The van der Waals surface area contributed by atoms with Crippen LogP contribution in [0.3, 0.4) is 0 Å². The van der Waals surface area contributed by atoms with Crippen molar-refractivity contribution in [3.05, 3.63) is 77.7 Å². The highest BCUT2D eigenvalue weighted by molar-refractivity contribution is 7.78. The maximum Gasteiger partial charge on any atom is 0.127 e. The smallest absolute Gasteiger partial charge is 0.127 e. The van der Waals surface area contributed by atoms with Gasteiger partial charge in [-0.2, -0.15) is 5.26 Å². The minimum Gasteiger partial charge on any atom is -0.772 e. The first-order chi connectivity index (χ1) is 12.1. The highest BCUT2D eigenvalue weighted by Gasteiger charge is 2.11. The molecule has 1 atom stereocenters. The Morgan fingerprint density at radius 2 is 1.84 bits per heavy atom. The van der Waals surface area contributed by atoms with E-state index in [2.05, 4.69) is 11.1 Å². The molecule has 3 aromatic rings. The van der Waals surface area contributed by atoms with Crippen LogP contribution in [0.2, 0.25) is 0 Å². The van der Waals surface area contributed by atoms with E-state index in [-0.39, 0.29) is 11.3 Å². The summed E-state index contributed by atoms with van der Waals surface area (Å²) in [6.07, 6.45) is 1.61. The Balaban J connectivity index is 2.05. The Morgan fingerprint density at radius 3 is 2.48 bits per heavy atom. The molecule has 0 radical (unpaired) electrons. The lowest BCUT2D eigenvalue weighted by Gasteiger charge is -2.11. The van der Waals surface area contributed by atoms with Crippen LogP contribution in [-0.4, -0.2) is 13.7 Å². The Labute approximate surface area is 146 Å². The van der Waals surface area contributed by atoms with Crippen LogP contribution < -0.4 is 0 Å². The number of rotatable bonds is 4. The number of nitrogens with zero attached hydrogens (tertiary/aromatic N) is 2. The van der Waals surface area contributed by atoms with Gasteiger partial charge in [0.15, 0.2) is 0 Å². The van der Waals surface area contributed by atoms with Crippen LogP contribution in [0.1, 0.15) is 11.1 Å². The Bertz CT molecular complexity index is 981. The van der Waals surface area contributed by atoms with Crippen molar-refractivity contribution in [1.82, 2.24) is 4.98 Å². The minimum atomic E-state index is -2.35. The molecule has 0 N–H and O–H groups in total. The van der Waals surface area contributed by atoms with Gasteiger partial charge >= 0.3 is 0 Å². The average Bonchev–Trinajstić information content (AvgIpc) is 2.63. The molecule has 4 nitrogen and oxygen atoms in total. The standard InChI is InChI=1S/C19H13FN2O2S/c20-18-10-15(7-8-16(18)12-25(23)24)19-17(2-1-9-22-19)14-5-3-13(11-21)4-6-14/h1-10H,12H2,(H,23,24)/p-1. The Morgan fingerprint density at radius 1 is 1.12 bits per heavy atom. The highest BCUT2D eigenvalue weighted by Crippen LogP contribution is 2.31. The number of hydrogen-bond donors (Lipinski definition) is 0. The molecule has 0 aliphatic rings. The van der Waals surface area contributed by atoms with Gasteiger partial charge in [-0.1, -0.05) is 41.4 Å². The van der Waals surface area contributed by atoms with E-state index in [1.165, 1.54) is 12.1 Å². The van der Waals surface area contributed by atoms with Gasteiger partial charge in [-0.15, -0.1) is 0 Å². The summed E-state index contributed by atoms with van der Waals surface area (Å²) in [6, 6.07) is 17.1. The summed E-state index contributed by atoms with van der Waals surface area (Å²) in [5, 5.41) is 8.90. The molecule has 6 heteroatoms. The van der Waals surface area contributed by atoms with Gasteiger partial charge in [-0.25, -0.2) is 4.39 Å². The van der Waals surface area contributed by atoms with Crippen LogP contribution in [0.15, 0.2) is 60.8 Å². The van der Waals surface area contributed by atoms with Gasteiger partial charge < -0.3 is 4.55 Å². The summed E-state index contributed by atoms with van der Waals surface area (Å²) in [4.78, 5) is 4.35. The predicted octanol–water partition coefficient (Wildman–Crippen LogP) is 3.81. The van der Waals surface area contributed by atoms with E-state index in [0.29, 0.717) is 16.8 Å². The van der Waals surface area contributed by atoms with Gasteiger partial charge in [-0.05, 0) is 35.4 Å². The summed E-state index contributed by atoms with van der Waals surface area (Å²) in [5.41, 5.74) is 3.46. The van der Waals surface area contributed by atoms with E-state index in [9.17, 15) is 13.2 Å². The van der Waals surface area contributed by atoms with Crippen molar-refractivity contribution in [2.24, 2.45) is 0 Å². The monoisotopic (exact) mass is 351 g/mol. The summed E-state index contributed by atoms with van der Waals surface area (Å²) >= 11 is -2.35. The quantitative estimate of drug-likeness (QED) is 0.670. The normalized spacial score (nSPS) is 11.7. The SMILES string of the molecule is N#Cc1ccc(-c2cccnc2-c2ccc(CS(=O)[O-])c(F)c2)cc1. The lowest BCUT2D eigenvalue weighted by Crippen LogP contribution is -1.98.